The van der Waals surface area contributed by atoms with Crippen LogP contribution in [0.3, 0.4) is 0 Å². The number of aliphatic imine (C=N–C) groups is 1. The zero-order valence-electron chi connectivity index (χ0n) is 22.0. The Kier molecular flexibility index (Phi) is 8.44. The minimum Gasteiger partial charge on any atom is -0.493 e. The highest BCUT2D eigenvalue weighted by Crippen LogP contribution is 2.36. The molecule has 0 unspecified atom stereocenters. The number of hydrogen-bond acceptors (Lipinski definition) is 5. The second kappa shape index (κ2) is 12.5. The Morgan fingerprint density at radius 3 is 2.26 bits per heavy atom. The molecule has 196 valence electrons. The van der Waals surface area contributed by atoms with E-state index in [0.717, 1.165) is 22.3 Å². The SMILES string of the molecule is COc1cc(/C=C2\SC(=NCc3ccccc3)N(Cc3ccccc3)C2=O)ccc1OCc1cccc(C)c1. The summed E-state index contributed by atoms with van der Waals surface area (Å²) in [4.78, 5) is 20.7. The maximum atomic E-state index is 13.5. The number of ether oxygens (including phenoxy) is 2. The van der Waals surface area contributed by atoms with E-state index in [9.17, 15) is 4.79 Å². The first-order valence-electron chi connectivity index (χ1n) is 12.8. The summed E-state index contributed by atoms with van der Waals surface area (Å²) >= 11 is 1.40. The zero-order chi connectivity index (χ0) is 27.0. The molecule has 0 bridgehead atoms. The Balaban J connectivity index is 1.37. The summed E-state index contributed by atoms with van der Waals surface area (Å²) in [5, 5.41) is 0.698. The van der Waals surface area contributed by atoms with E-state index in [0.29, 0.717) is 41.3 Å². The van der Waals surface area contributed by atoms with Crippen LogP contribution < -0.4 is 9.47 Å². The molecule has 6 heteroatoms. The smallest absolute Gasteiger partial charge is 0.267 e. The zero-order valence-corrected chi connectivity index (χ0v) is 22.9. The first-order chi connectivity index (χ1) is 19.1. The van der Waals surface area contributed by atoms with Gasteiger partial charge in [-0.05, 0) is 59.1 Å². The molecule has 1 saturated heterocycles. The Labute approximate surface area is 233 Å². The predicted octanol–water partition coefficient (Wildman–Crippen LogP) is 7.26. The van der Waals surface area contributed by atoms with Gasteiger partial charge in [-0.15, -0.1) is 0 Å². The van der Waals surface area contributed by atoms with Gasteiger partial charge >= 0.3 is 0 Å². The standard InChI is InChI=1S/C33H30N2O3S/c1-24-10-9-15-28(18-24)23-38-29-17-16-27(19-30(29)37-2)20-31-32(36)35(22-26-13-7-4-8-14-26)33(39-31)34-21-25-11-5-3-6-12-25/h3-20H,21-23H2,1-2H3/b31-20-,34-33?. The summed E-state index contributed by atoms with van der Waals surface area (Å²) in [5.41, 5.74) is 5.29. The van der Waals surface area contributed by atoms with Crippen molar-refractivity contribution in [3.8, 4) is 11.5 Å². The molecule has 1 aliphatic heterocycles. The van der Waals surface area contributed by atoms with Crippen molar-refractivity contribution >= 4 is 28.9 Å². The Morgan fingerprint density at radius 1 is 0.821 bits per heavy atom. The van der Waals surface area contributed by atoms with Gasteiger partial charge in [0.1, 0.15) is 6.61 Å². The highest BCUT2D eigenvalue weighted by molar-refractivity contribution is 8.18. The summed E-state index contributed by atoms with van der Waals surface area (Å²) in [6.07, 6.45) is 1.89. The van der Waals surface area contributed by atoms with Crippen LogP contribution >= 0.6 is 11.8 Å². The maximum absolute atomic E-state index is 13.5. The number of carbonyl (C=O) groups excluding carboxylic acids is 1. The van der Waals surface area contributed by atoms with Crippen LogP contribution in [-0.4, -0.2) is 23.1 Å². The fourth-order valence-corrected chi connectivity index (χ4v) is 5.26. The number of rotatable bonds is 9. The van der Waals surface area contributed by atoms with Crippen molar-refractivity contribution in [1.29, 1.82) is 0 Å². The first-order valence-corrected chi connectivity index (χ1v) is 13.6. The van der Waals surface area contributed by atoms with Crippen molar-refractivity contribution < 1.29 is 14.3 Å². The van der Waals surface area contributed by atoms with E-state index in [2.05, 4.69) is 19.1 Å². The molecule has 39 heavy (non-hydrogen) atoms. The Morgan fingerprint density at radius 2 is 1.54 bits per heavy atom. The van der Waals surface area contributed by atoms with Crippen LogP contribution in [0.25, 0.3) is 6.08 Å². The number of nitrogens with zero attached hydrogens (tertiary/aromatic N) is 2. The topological polar surface area (TPSA) is 51.1 Å². The molecular weight excluding hydrogens is 504 g/mol. The van der Waals surface area contributed by atoms with Crippen LogP contribution in [0.4, 0.5) is 0 Å². The summed E-state index contributed by atoms with van der Waals surface area (Å²) in [7, 11) is 1.62. The largest absolute Gasteiger partial charge is 0.493 e. The molecule has 5 rings (SSSR count). The van der Waals surface area contributed by atoms with Gasteiger partial charge in [0.15, 0.2) is 16.7 Å². The fourth-order valence-electron chi connectivity index (χ4n) is 4.28. The average Bonchev–Trinajstić information content (AvgIpc) is 3.25. The number of hydrogen-bond donors (Lipinski definition) is 0. The minimum absolute atomic E-state index is 0.0607. The Hall–Kier alpha value is -4.29. The number of carbonyl (C=O) groups is 1. The molecule has 1 heterocycles. The lowest BCUT2D eigenvalue weighted by Crippen LogP contribution is -2.28. The van der Waals surface area contributed by atoms with Gasteiger partial charge in [0.25, 0.3) is 5.91 Å². The molecule has 1 fully saturated rings. The van der Waals surface area contributed by atoms with Crippen molar-refractivity contribution in [2.24, 2.45) is 4.99 Å². The van der Waals surface area contributed by atoms with E-state index < -0.39 is 0 Å². The van der Waals surface area contributed by atoms with Gasteiger partial charge in [0.2, 0.25) is 0 Å². The van der Waals surface area contributed by atoms with Gasteiger partial charge in [0.05, 0.1) is 25.1 Å². The number of benzene rings is 4. The minimum atomic E-state index is -0.0607. The molecule has 0 atom stereocenters. The van der Waals surface area contributed by atoms with Gasteiger partial charge in [-0.1, -0.05) is 96.6 Å². The summed E-state index contributed by atoms with van der Waals surface area (Å²) in [5.74, 6) is 1.21. The normalized spacial score (nSPS) is 15.2. The van der Waals surface area contributed by atoms with E-state index in [4.69, 9.17) is 14.5 Å². The fraction of sp³-hybridized carbons (Fsp3) is 0.152. The lowest BCUT2D eigenvalue weighted by molar-refractivity contribution is -0.122. The van der Waals surface area contributed by atoms with E-state index in [1.807, 2.05) is 97.1 Å². The molecule has 0 saturated carbocycles. The van der Waals surface area contributed by atoms with Crippen molar-refractivity contribution in [3.05, 3.63) is 136 Å². The third-order valence-electron chi connectivity index (χ3n) is 6.27. The van der Waals surface area contributed by atoms with Crippen molar-refractivity contribution in [2.75, 3.05) is 7.11 Å². The van der Waals surface area contributed by atoms with Gasteiger partial charge in [-0.25, -0.2) is 0 Å². The van der Waals surface area contributed by atoms with Crippen LogP contribution in [0.15, 0.2) is 113 Å². The maximum Gasteiger partial charge on any atom is 0.267 e. The lowest BCUT2D eigenvalue weighted by atomic mass is 10.1. The van der Waals surface area contributed by atoms with E-state index in [1.165, 1.54) is 17.3 Å². The first kappa shape index (κ1) is 26.3. The van der Waals surface area contributed by atoms with Gasteiger partial charge < -0.3 is 9.47 Å². The molecular formula is C33H30N2O3S. The monoisotopic (exact) mass is 534 g/mol. The van der Waals surface area contributed by atoms with Crippen LogP contribution in [0.1, 0.15) is 27.8 Å². The number of thioether (sulfide) groups is 1. The average molecular weight is 535 g/mol. The molecule has 0 aliphatic carbocycles. The van der Waals surface area contributed by atoms with Crippen LogP contribution in [-0.2, 0) is 24.5 Å². The van der Waals surface area contributed by atoms with E-state index >= 15 is 0 Å². The molecule has 4 aromatic carbocycles. The number of amidine groups is 1. The lowest BCUT2D eigenvalue weighted by Gasteiger charge is -2.15. The van der Waals surface area contributed by atoms with Crippen molar-refractivity contribution in [3.63, 3.8) is 0 Å². The molecule has 4 aromatic rings. The molecule has 0 radical (unpaired) electrons. The quantitative estimate of drug-likeness (QED) is 0.212. The van der Waals surface area contributed by atoms with Crippen molar-refractivity contribution in [2.45, 2.75) is 26.6 Å². The molecule has 5 nitrogen and oxygen atoms in total. The molecule has 0 N–H and O–H groups in total. The second-order valence-corrected chi connectivity index (χ2v) is 10.3. The molecule has 0 aromatic heterocycles. The summed E-state index contributed by atoms with van der Waals surface area (Å²) in [6.45, 7) is 3.48. The van der Waals surface area contributed by atoms with Gasteiger partial charge in [-0.2, -0.15) is 0 Å². The van der Waals surface area contributed by atoms with Gasteiger partial charge in [-0.3, -0.25) is 14.7 Å². The van der Waals surface area contributed by atoms with Crippen LogP contribution in [0, 0.1) is 6.92 Å². The Bertz CT molecular complexity index is 1500. The highest BCUT2D eigenvalue weighted by atomic mass is 32.2. The van der Waals surface area contributed by atoms with Crippen LogP contribution in [0.2, 0.25) is 0 Å². The third-order valence-corrected chi connectivity index (χ3v) is 7.32. The third kappa shape index (κ3) is 6.78. The number of methoxy groups -OCH3 is 1. The van der Waals surface area contributed by atoms with E-state index in [-0.39, 0.29) is 5.91 Å². The molecule has 0 spiro atoms. The molecule has 1 amide bonds. The number of amides is 1. The van der Waals surface area contributed by atoms with E-state index in [1.54, 1.807) is 12.0 Å². The van der Waals surface area contributed by atoms with Crippen molar-refractivity contribution in [1.82, 2.24) is 4.90 Å². The molecule has 1 aliphatic rings. The van der Waals surface area contributed by atoms with Gasteiger partial charge in [0, 0.05) is 0 Å². The van der Waals surface area contributed by atoms with Crippen LogP contribution in [0.5, 0.6) is 11.5 Å². The second-order valence-electron chi connectivity index (χ2n) is 9.26. The number of aryl methyl sites for hydroxylation is 1. The summed E-state index contributed by atoms with van der Waals surface area (Å²) < 4.78 is 11.7. The highest BCUT2D eigenvalue weighted by Gasteiger charge is 2.33. The summed E-state index contributed by atoms with van der Waals surface area (Å²) in [6, 6.07) is 34.0. The predicted molar refractivity (Wildman–Crippen MR) is 159 cm³/mol.